The van der Waals surface area contributed by atoms with Gasteiger partial charge in [0.15, 0.2) is 0 Å². The van der Waals surface area contributed by atoms with Gasteiger partial charge in [-0.15, -0.1) is 0 Å². The Kier molecular flexibility index (Phi) is 2.85. The maximum atomic E-state index is 12.4. The summed E-state index contributed by atoms with van der Waals surface area (Å²) in [7, 11) is 0. The molecule has 106 valence electrons. The van der Waals surface area contributed by atoms with E-state index in [2.05, 4.69) is 5.32 Å². The van der Waals surface area contributed by atoms with Crippen molar-refractivity contribution in [3.63, 3.8) is 0 Å². The molecule has 3 aliphatic carbocycles. The number of amides is 1. The van der Waals surface area contributed by atoms with Crippen molar-refractivity contribution in [2.24, 2.45) is 23.7 Å². The quantitative estimate of drug-likeness (QED) is 0.822. The van der Waals surface area contributed by atoms with Crippen LogP contribution in [-0.2, 0) is 9.53 Å². The van der Waals surface area contributed by atoms with Crippen LogP contribution in [0.25, 0.3) is 0 Å². The minimum atomic E-state index is -0.0203. The van der Waals surface area contributed by atoms with E-state index in [0.29, 0.717) is 19.3 Å². The van der Waals surface area contributed by atoms with Gasteiger partial charge in [0.2, 0.25) is 5.91 Å². The van der Waals surface area contributed by atoms with E-state index >= 15 is 0 Å². The molecule has 4 aliphatic rings. The first-order valence-electron chi connectivity index (χ1n) is 7.88. The average Bonchev–Trinajstić information content (AvgIpc) is 2.85. The van der Waals surface area contributed by atoms with E-state index in [4.69, 9.17) is 4.74 Å². The van der Waals surface area contributed by atoms with Crippen molar-refractivity contribution in [2.45, 2.75) is 38.3 Å². The van der Waals surface area contributed by atoms with Crippen LogP contribution in [0.2, 0.25) is 0 Å². The Morgan fingerprint density at radius 1 is 1.21 bits per heavy atom. The number of hydrogen-bond donors (Lipinski definition) is 1. The van der Waals surface area contributed by atoms with E-state index in [-0.39, 0.29) is 11.9 Å². The zero-order valence-electron chi connectivity index (χ0n) is 11.7. The lowest BCUT2D eigenvalue weighted by Crippen LogP contribution is -2.50. The summed E-state index contributed by atoms with van der Waals surface area (Å²) in [5, 5.41) is 3.62. The molecule has 19 heavy (non-hydrogen) atoms. The molecular formula is C15H24N2O2. The highest BCUT2D eigenvalue weighted by Crippen LogP contribution is 2.65. The largest absolute Gasteiger partial charge is 0.378 e. The summed E-state index contributed by atoms with van der Waals surface area (Å²) in [5.74, 6) is 4.01. The molecule has 3 saturated carbocycles. The van der Waals surface area contributed by atoms with E-state index in [1.807, 2.05) is 11.8 Å². The zero-order chi connectivity index (χ0) is 13.0. The number of rotatable bonds is 3. The monoisotopic (exact) mass is 264 g/mol. The molecule has 0 aromatic carbocycles. The summed E-state index contributed by atoms with van der Waals surface area (Å²) in [6.07, 6.45) is 4.35. The van der Waals surface area contributed by atoms with Gasteiger partial charge in [0.1, 0.15) is 0 Å². The van der Waals surface area contributed by atoms with Crippen LogP contribution in [0.15, 0.2) is 0 Å². The lowest BCUT2D eigenvalue weighted by atomic mass is 10.0. The Hall–Kier alpha value is -0.610. The number of nitrogens with one attached hydrogen (secondary N) is 1. The second-order valence-corrected chi connectivity index (χ2v) is 6.84. The van der Waals surface area contributed by atoms with Crippen molar-refractivity contribution < 1.29 is 9.53 Å². The topological polar surface area (TPSA) is 41.6 Å². The number of carbonyl (C=O) groups excluding carboxylic acids is 1. The first-order valence-corrected chi connectivity index (χ1v) is 7.88. The third-order valence-electron chi connectivity index (χ3n) is 5.87. The molecule has 0 aromatic heterocycles. The highest BCUT2D eigenvalue weighted by atomic mass is 16.5. The highest BCUT2D eigenvalue weighted by molar-refractivity contribution is 5.81. The van der Waals surface area contributed by atoms with Crippen LogP contribution in [0.1, 0.15) is 26.2 Å². The van der Waals surface area contributed by atoms with E-state index < -0.39 is 0 Å². The van der Waals surface area contributed by atoms with E-state index in [1.165, 1.54) is 19.3 Å². The molecule has 1 amide bonds. The fourth-order valence-electron chi connectivity index (χ4n) is 4.97. The Morgan fingerprint density at radius 3 is 2.47 bits per heavy atom. The second kappa shape index (κ2) is 4.45. The molecule has 0 aromatic rings. The molecular weight excluding hydrogens is 240 g/mol. The Balaban J connectivity index is 1.32. The number of fused-ring (bicyclic) bond motifs is 5. The molecule has 0 spiro atoms. The van der Waals surface area contributed by atoms with Gasteiger partial charge in [0.25, 0.3) is 0 Å². The van der Waals surface area contributed by atoms with Crippen molar-refractivity contribution in [2.75, 3.05) is 26.3 Å². The molecule has 5 unspecified atom stereocenters. The number of hydrogen-bond acceptors (Lipinski definition) is 3. The van der Waals surface area contributed by atoms with E-state index in [0.717, 1.165) is 36.8 Å². The van der Waals surface area contributed by atoms with Gasteiger partial charge in [0, 0.05) is 19.1 Å². The van der Waals surface area contributed by atoms with Crippen LogP contribution in [0.4, 0.5) is 0 Å². The minimum absolute atomic E-state index is 0.0203. The summed E-state index contributed by atoms with van der Waals surface area (Å²) in [4.78, 5) is 14.3. The average molecular weight is 264 g/mol. The van der Waals surface area contributed by atoms with Crippen LogP contribution in [0, 0.1) is 23.7 Å². The summed E-state index contributed by atoms with van der Waals surface area (Å²) < 4.78 is 5.31. The van der Waals surface area contributed by atoms with Gasteiger partial charge >= 0.3 is 0 Å². The normalized spacial score (nSPS) is 45.1. The number of ether oxygens (including phenoxy) is 1. The van der Waals surface area contributed by atoms with Gasteiger partial charge < -0.3 is 15.0 Å². The third kappa shape index (κ3) is 1.91. The van der Waals surface area contributed by atoms with Crippen molar-refractivity contribution in [1.82, 2.24) is 10.2 Å². The maximum Gasteiger partial charge on any atom is 0.239 e. The van der Waals surface area contributed by atoms with Crippen LogP contribution in [-0.4, -0.2) is 49.2 Å². The molecule has 4 rings (SSSR count). The molecule has 0 radical (unpaired) electrons. The van der Waals surface area contributed by atoms with Crippen molar-refractivity contribution in [1.29, 1.82) is 0 Å². The fraction of sp³-hybridized carbons (Fsp3) is 0.933. The zero-order valence-corrected chi connectivity index (χ0v) is 11.7. The first-order chi connectivity index (χ1) is 9.25. The molecule has 1 aliphatic heterocycles. The maximum absolute atomic E-state index is 12.4. The van der Waals surface area contributed by atoms with Gasteiger partial charge in [-0.05, 0) is 49.9 Å². The number of carbonyl (C=O) groups is 1. The minimum Gasteiger partial charge on any atom is -0.378 e. The van der Waals surface area contributed by atoms with Crippen molar-refractivity contribution in [3.05, 3.63) is 0 Å². The Labute approximate surface area is 114 Å². The molecule has 2 bridgehead atoms. The van der Waals surface area contributed by atoms with Crippen LogP contribution in [0.3, 0.4) is 0 Å². The summed E-state index contributed by atoms with van der Waals surface area (Å²) in [5.41, 5.74) is 0. The molecule has 4 fully saturated rings. The van der Waals surface area contributed by atoms with Crippen LogP contribution >= 0.6 is 0 Å². The van der Waals surface area contributed by atoms with Gasteiger partial charge in [0.05, 0.1) is 19.3 Å². The molecule has 1 heterocycles. The smallest absolute Gasteiger partial charge is 0.239 e. The van der Waals surface area contributed by atoms with E-state index in [1.54, 1.807) is 0 Å². The lowest BCUT2D eigenvalue weighted by Gasteiger charge is -2.30. The predicted octanol–water partition coefficient (Wildman–Crippen LogP) is 0.868. The van der Waals surface area contributed by atoms with Crippen LogP contribution in [0.5, 0.6) is 0 Å². The Morgan fingerprint density at radius 2 is 1.84 bits per heavy atom. The summed E-state index contributed by atoms with van der Waals surface area (Å²) in [6.45, 7) is 4.93. The molecule has 4 nitrogen and oxygen atoms in total. The third-order valence-corrected chi connectivity index (χ3v) is 5.87. The molecule has 1 N–H and O–H groups in total. The van der Waals surface area contributed by atoms with Crippen molar-refractivity contribution in [3.8, 4) is 0 Å². The fourth-order valence-corrected chi connectivity index (χ4v) is 4.97. The molecule has 5 atom stereocenters. The first kappa shape index (κ1) is 12.2. The van der Waals surface area contributed by atoms with Crippen molar-refractivity contribution >= 4 is 5.91 Å². The predicted molar refractivity (Wildman–Crippen MR) is 71.6 cm³/mol. The standard InChI is InChI=1S/C15H24N2O2/c1-9(15(18)17-4-6-19-7-5-17)16-14-12-10-2-3-11(8-10)13(12)14/h9-14,16H,2-8H2,1H3. The Bertz CT molecular complexity index is 364. The number of morpholine rings is 1. The number of nitrogens with zero attached hydrogens (tertiary/aromatic N) is 1. The summed E-state index contributed by atoms with van der Waals surface area (Å²) in [6, 6.07) is 0.624. The van der Waals surface area contributed by atoms with E-state index in [9.17, 15) is 4.79 Å². The SMILES string of the molecule is CC(NC1C2C3CCC(C3)C12)C(=O)N1CCOCC1. The molecule has 1 saturated heterocycles. The molecule has 4 heteroatoms. The van der Waals surface area contributed by atoms with Gasteiger partial charge in [-0.25, -0.2) is 0 Å². The van der Waals surface area contributed by atoms with Gasteiger partial charge in [-0.2, -0.15) is 0 Å². The lowest BCUT2D eigenvalue weighted by molar-refractivity contribution is -0.137. The van der Waals surface area contributed by atoms with Gasteiger partial charge in [-0.1, -0.05) is 0 Å². The second-order valence-electron chi connectivity index (χ2n) is 6.84. The summed E-state index contributed by atoms with van der Waals surface area (Å²) >= 11 is 0. The van der Waals surface area contributed by atoms with Crippen LogP contribution < -0.4 is 5.32 Å². The highest BCUT2D eigenvalue weighted by Gasteiger charge is 2.65. The van der Waals surface area contributed by atoms with Gasteiger partial charge in [-0.3, -0.25) is 4.79 Å².